The van der Waals surface area contributed by atoms with Gasteiger partial charge in [0.05, 0.1) is 16.9 Å². The van der Waals surface area contributed by atoms with Crippen LogP contribution in [0.5, 0.6) is 0 Å². The zero-order valence-electron chi connectivity index (χ0n) is 22.6. The van der Waals surface area contributed by atoms with Gasteiger partial charge in [-0.2, -0.15) is 0 Å². The molecule has 2 aromatic heterocycles. The first-order chi connectivity index (χ1) is 20.3. The lowest BCUT2D eigenvalue weighted by Crippen LogP contribution is -2.18. The molecule has 1 aliphatic rings. The molecule has 0 amide bonds. The Bertz CT molecular complexity index is 1870. The van der Waals surface area contributed by atoms with E-state index in [0.717, 1.165) is 62.6 Å². The average Bonchev–Trinajstić information content (AvgIpc) is 3.45. The molecule has 1 aliphatic heterocycles. The minimum atomic E-state index is 0.694. The van der Waals surface area contributed by atoms with Crippen LogP contribution in [-0.2, 0) is 0 Å². The average molecular weight is 529 g/mol. The van der Waals surface area contributed by atoms with Gasteiger partial charge in [0, 0.05) is 46.6 Å². The lowest BCUT2D eigenvalue weighted by Gasteiger charge is -2.25. The lowest BCUT2D eigenvalue weighted by molar-refractivity contribution is 1.01. The summed E-state index contributed by atoms with van der Waals surface area (Å²) >= 11 is 0. The third kappa shape index (κ3) is 4.66. The van der Waals surface area contributed by atoms with Crippen molar-refractivity contribution >= 4 is 27.9 Å². The van der Waals surface area contributed by atoms with Crippen molar-refractivity contribution in [1.29, 1.82) is 0 Å². The summed E-state index contributed by atoms with van der Waals surface area (Å²) in [6.45, 7) is 5.07. The second-order valence-corrected chi connectivity index (χ2v) is 10.0. The number of anilines is 2. The van der Waals surface area contributed by atoms with Gasteiger partial charge in [-0.25, -0.2) is 9.97 Å². The Morgan fingerprint density at radius 2 is 1.37 bits per heavy atom. The second-order valence-electron chi connectivity index (χ2n) is 10.0. The Morgan fingerprint density at radius 3 is 2.20 bits per heavy atom. The Balaban J connectivity index is 1.46. The number of para-hydroxylation sites is 2. The van der Waals surface area contributed by atoms with Crippen LogP contribution < -0.4 is 4.90 Å². The van der Waals surface area contributed by atoms with Crippen LogP contribution in [0.2, 0.25) is 0 Å². The smallest absolute Gasteiger partial charge is 0.162 e. The van der Waals surface area contributed by atoms with Gasteiger partial charge in [-0.1, -0.05) is 128 Å². The molecule has 3 heterocycles. The molecule has 0 bridgehead atoms. The van der Waals surface area contributed by atoms with Gasteiger partial charge in [-0.05, 0) is 17.7 Å². The van der Waals surface area contributed by atoms with Crippen LogP contribution in [0, 0.1) is 0 Å². The predicted molar refractivity (Wildman–Crippen MR) is 170 cm³/mol. The van der Waals surface area contributed by atoms with Crippen molar-refractivity contribution in [2.75, 3.05) is 11.4 Å². The Morgan fingerprint density at radius 1 is 0.659 bits per heavy atom. The summed E-state index contributed by atoms with van der Waals surface area (Å²) in [7, 11) is 0. The number of hydrogen-bond donors (Lipinski definition) is 0. The van der Waals surface area contributed by atoms with Crippen LogP contribution in [0.1, 0.15) is 5.56 Å². The summed E-state index contributed by atoms with van der Waals surface area (Å²) in [6.07, 6.45) is 10.6. The molecule has 41 heavy (non-hydrogen) atoms. The van der Waals surface area contributed by atoms with Gasteiger partial charge in [0.1, 0.15) is 5.82 Å². The van der Waals surface area contributed by atoms with E-state index in [0.29, 0.717) is 5.82 Å². The van der Waals surface area contributed by atoms with Crippen LogP contribution >= 0.6 is 0 Å². The fourth-order valence-corrected chi connectivity index (χ4v) is 5.41. The van der Waals surface area contributed by atoms with E-state index in [1.165, 1.54) is 0 Å². The monoisotopic (exact) mass is 528 g/mol. The zero-order chi connectivity index (χ0) is 27.6. The van der Waals surface area contributed by atoms with Crippen LogP contribution in [-0.4, -0.2) is 21.1 Å². The molecular weight excluding hydrogens is 500 g/mol. The van der Waals surface area contributed by atoms with Crippen molar-refractivity contribution < 1.29 is 0 Å². The molecule has 7 rings (SSSR count). The number of aromatic nitrogens is 3. The molecule has 0 saturated heterocycles. The largest absolute Gasteiger partial charge is 0.335 e. The molecule has 6 aromatic rings. The summed E-state index contributed by atoms with van der Waals surface area (Å²) in [5, 5.41) is 1.15. The van der Waals surface area contributed by atoms with Crippen LogP contribution in [0.3, 0.4) is 0 Å². The van der Waals surface area contributed by atoms with Gasteiger partial charge in [0.25, 0.3) is 0 Å². The second kappa shape index (κ2) is 10.6. The highest BCUT2D eigenvalue weighted by Crippen LogP contribution is 2.39. The highest BCUT2D eigenvalue weighted by atomic mass is 15.2. The van der Waals surface area contributed by atoms with Gasteiger partial charge in [-0.3, -0.25) is 4.57 Å². The van der Waals surface area contributed by atoms with Gasteiger partial charge in [-0.15, -0.1) is 0 Å². The van der Waals surface area contributed by atoms with Crippen molar-refractivity contribution in [1.82, 2.24) is 14.5 Å². The van der Waals surface area contributed by atoms with E-state index >= 15 is 0 Å². The van der Waals surface area contributed by atoms with Crippen molar-refractivity contribution in [3.05, 3.63) is 158 Å². The van der Waals surface area contributed by atoms with Crippen LogP contribution in [0.15, 0.2) is 152 Å². The first-order valence-electron chi connectivity index (χ1n) is 13.8. The maximum absolute atomic E-state index is 5.11. The Kier molecular flexibility index (Phi) is 6.34. The molecule has 4 aromatic carbocycles. The Labute approximate surface area is 239 Å². The molecule has 0 aliphatic carbocycles. The molecule has 4 nitrogen and oxygen atoms in total. The van der Waals surface area contributed by atoms with Gasteiger partial charge < -0.3 is 4.90 Å². The van der Waals surface area contributed by atoms with Gasteiger partial charge in [0.15, 0.2) is 5.82 Å². The summed E-state index contributed by atoms with van der Waals surface area (Å²) < 4.78 is 2.19. The number of benzene rings is 4. The van der Waals surface area contributed by atoms with E-state index in [1.54, 1.807) is 0 Å². The van der Waals surface area contributed by atoms with E-state index in [2.05, 4.69) is 125 Å². The fourth-order valence-electron chi connectivity index (χ4n) is 5.41. The lowest BCUT2D eigenvalue weighted by atomic mass is 10.0. The quantitative estimate of drug-likeness (QED) is 0.229. The number of rotatable bonds is 4. The molecule has 0 radical (unpaired) electrons. The zero-order valence-corrected chi connectivity index (χ0v) is 22.6. The molecule has 4 heteroatoms. The van der Waals surface area contributed by atoms with Gasteiger partial charge >= 0.3 is 0 Å². The van der Waals surface area contributed by atoms with Crippen LogP contribution in [0.25, 0.3) is 44.9 Å². The Hall–Kier alpha value is -5.48. The number of fused-ring (bicyclic) bond motifs is 2. The molecule has 0 N–H and O–H groups in total. The van der Waals surface area contributed by atoms with Gasteiger partial charge in [0.2, 0.25) is 0 Å². The number of hydrogen-bond acceptors (Lipinski definition) is 3. The molecule has 0 saturated carbocycles. The topological polar surface area (TPSA) is 34.0 Å². The summed E-state index contributed by atoms with van der Waals surface area (Å²) in [4.78, 5) is 12.5. The number of allylic oxidation sites excluding steroid dienone is 4. The first kappa shape index (κ1) is 24.6. The van der Waals surface area contributed by atoms with Crippen LogP contribution in [0.4, 0.5) is 11.4 Å². The van der Waals surface area contributed by atoms with E-state index < -0.39 is 0 Å². The normalized spacial score (nSPS) is 14.6. The van der Waals surface area contributed by atoms with Crippen molar-refractivity contribution in [3.8, 4) is 28.5 Å². The van der Waals surface area contributed by atoms with E-state index in [1.807, 2.05) is 36.4 Å². The highest BCUT2D eigenvalue weighted by Gasteiger charge is 2.21. The summed E-state index contributed by atoms with van der Waals surface area (Å²) in [5.41, 5.74) is 8.32. The maximum Gasteiger partial charge on any atom is 0.162 e. The molecule has 0 spiro atoms. The van der Waals surface area contributed by atoms with E-state index in [9.17, 15) is 0 Å². The summed E-state index contributed by atoms with van der Waals surface area (Å²) in [5.74, 6) is 1.51. The third-order valence-corrected chi connectivity index (χ3v) is 7.42. The SMILES string of the molecule is C=C1/C=C\C=C/CN(c2cn(-c3cc(-c4ccccc4)nc(-c4ccccc4)n3)c3ccccc23)c2ccccc21. The molecule has 0 fully saturated rings. The molecule has 196 valence electrons. The van der Waals surface area contributed by atoms with Crippen molar-refractivity contribution in [2.24, 2.45) is 0 Å². The molecule has 0 unspecified atom stereocenters. The third-order valence-electron chi connectivity index (χ3n) is 7.42. The standard InChI is InChI=1S/C37H28N4/c1-27-15-5-4-14-24-40(33-22-12-10-20-30(27)33)35-26-41(34-23-13-11-21-31(34)35)36-25-32(28-16-6-2-7-17-28)38-37(39-36)29-18-8-3-9-19-29/h2-23,25-26H,1,24H2/b14-4-,15-5-. The molecular formula is C37H28N4. The minimum absolute atomic E-state index is 0.694. The predicted octanol–water partition coefficient (Wildman–Crippen LogP) is 9.03. The van der Waals surface area contributed by atoms with Crippen molar-refractivity contribution in [2.45, 2.75) is 0 Å². The van der Waals surface area contributed by atoms with E-state index in [-0.39, 0.29) is 0 Å². The number of nitrogens with zero attached hydrogens (tertiary/aromatic N) is 4. The summed E-state index contributed by atoms with van der Waals surface area (Å²) in [6, 6.07) is 39.5. The maximum atomic E-state index is 5.11. The first-order valence-corrected chi connectivity index (χ1v) is 13.8. The molecule has 0 atom stereocenters. The van der Waals surface area contributed by atoms with Crippen molar-refractivity contribution in [3.63, 3.8) is 0 Å². The van der Waals surface area contributed by atoms with E-state index in [4.69, 9.17) is 9.97 Å². The minimum Gasteiger partial charge on any atom is -0.335 e. The fraction of sp³-hybridized carbons (Fsp3) is 0.0270. The highest BCUT2D eigenvalue weighted by molar-refractivity contribution is 5.98.